The Bertz CT molecular complexity index is 701. The highest BCUT2D eigenvalue weighted by Crippen LogP contribution is 2.25. The minimum absolute atomic E-state index is 0.368. The van der Waals surface area contributed by atoms with Gasteiger partial charge in [-0.3, -0.25) is 0 Å². The van der Waals surface area contributed by atoms with E-state index >= 15 is 0 Å². The lowest BCUT2D eigenvalue weighted by Gasteiger charge is -2.24. The first-order valence-corrected chi connectivity index (χ1v) is 8.96. The Kier molecular flexibility index (Phi) is 6.95. The number of hydrogen-bond acceptors (Lipinski definition) is 5. The summed E-state index contributed by atoms with van der Waals surface area (Å²) >= 11 is 0. The summed E-state index contributed by atoms with van der Waals surface area (Å²) in [5.41, 5.74) is -0.419. The summed E-state index contributed by atoms with van der Waals surface area (Å²) in [5.74, 6) is 0.747. The average Bonchev–Trinajstić information content (AvgIpc) is 2.66. The largest absolute Gasteiger partial charge is 0.490 e. The minimum atomic E-state index is -1.24. The van der Waals surface area contributed by atoms with E-state index in [1.165, 1.54) is 0 Å². The van der Waals surface area contributed by atoms with Gasteiger partial charge in [-0.1, -0.05) is 26.7 Å². The molecule has 2 rings (SSSR count). The number of aromatic nitrogens is 2. The van der Waals surface area contributed by atoms with Gasteiger partial charge < -0.3 is 14.6 Å². The maximum atomic E-state index is 11.3. The minimum Gasteiger partial charge on any atom is -0.490 e. The number of hydrogen-bond donors (Lipinski definition) is 1. The number of benzene rings is 1. The Labute approximate surface area is 154 Å². The van der Waals surface area contributed by atoms with Crippen molar-refractivity contribution >= 4 is 5.97 Å². The Hall–Kier alpha value is -2.63. The van der Waals surface area contributed by atoms with Crippen molar-refractivity contribution in [2.24, 2.45) is 0 Å². The van der Waals surface area contributed by atoms with Crippen LogP contribution in [0.4, 0.5) is 0 Å². The van der Waals surface area contributed by atoms with Gasteiger partial charge in [0.25, 0.3) is 0 Å². The molecule has 26 heavy (non-hydrogen) atoms. The van der Waals surface area contributed by atoms with E-state index in [2.05, 4.69) is 16.9 Å². The quantitative estimate of drug-likeness (QED) is 0.636. The number of nitrogens with zero attached hydrogens (tertiary/aromatic N) is 2. The highest BCUT2D eigenvalue weighted by Gasteiger charge is 2.33. The fraction of sp³-hybridized carbons (Fsp3) is 0.450. The number of unbranched alkanes of at least 4 members (excludes halogenated alkanes) is 2. The van der Waals surface area contributed by atoms with E-state index in [0.29, 0.717) is 30.4 Å². The smallest absolute Gasteiger partial charge is 0.347 e. The van der Waals surface area contributed by atoms with Gasteiger partial charge in [0.2, 0.25) is 5.60 Å². The summed E-state index contributed by atoms with van der Waals surface area (Å²) in [5, 5.41) is 9.29. The van der Waals surface area contributed by atoms with Gasteiger partial charge in [0, 0.05) is 5.56 Å². The van der Waals surface area contributed by atoms with Crippen molar-refractivity contribution < 1.29 is 19.4 Å². The Balaban J connectivity index is 2.00. The van der Waals surface area contributed by atoms with Gasteiger partial charge in [0.1, 0.15) is 5.75 Å². The third-order valence-corrected chi connectivity index (χ3v) is 4.23. The normalized spacial score (nSPS) is 13.0. The van der Waals surface area contributed by atoms with Gasteiger partial charge >= 0.3 is 5.97 Å². The molecular weight excluding hydrogens is 332 g/mol. The van der Waals surface area contributed by atoms with Crippen LogP contribution in [0.2, 0.25) is 0 Å². The highest BCUT2D eigenvalue weighted by molar-refractivity contribution is 5.77. The van der Waals surface area contributed by atoms with Crippen molar-refractivity contribution in [2.75, 3.05) is 6.61 Å². The molecule has 1 N–H and O–H groups in total. The van der Waals surface area contributed by atoms with Crippen molar-refractivity contribution in [1.82, 2.24) is 9.97 Å². The summed E-state index contributed by atoms with van der Waals surface area (Å²) in [6.45, 7) is 6.16. The molecule has 1 heterocycles. The van der Waals surface area contributed by atoms with E-state index in [-0.39, 0.29) is 0 Å². The van der Waals surface area contributed by atoms with Crippen LogP contribution in [0, 0.1) is 0 Å². The van der Waals surface area contributed by atoms with Crippen LogP contribution in [0.25, 0.3) is 11.4 Å². The second-order valence-electron chi connectivity index (χ2n) is 6.31. The molecule has 0 aliphatic rings. The predicted octanol–water partition coefficient (Wildman–Crippen LogP) is 4.34. The van der Waals surface area contributed by atoms with Gasteiger partial charge in [0.15, 0.2) is 11.6 Å². The van der Waals surface area contributed by atoms with Crippen LogP contribution in [-0.4, -0.2) is 33.3 Å². The molecule has 1 aromatic carbocycles. The first-order chi connectivity index (χ1) is 12.5. The van der Waals surface area contributed by atoms with E-state index < -0.39 is 11.6 Å². The Morgan fingerprint density at radius 2 is 1.73 bits per heavy atom. The van der Waals surface area contributed by atoms with E-state index in [9.17, 15) is 9.90 Å². The zero-order valence-electron chi connectivity index (χ0n) is 15.6. The standard InChI is InChI=1S/C20H26N2O4/c1-4-6-7-12-25-17-13-21-18(22-14-17)15-8-10-16(11-9-15)26-20(3,5-2)19(23)24/h8-11,13-14H,4-7,12H2,1-3H3,(H,23,24). The Morgan fingerprint density at radius 1 is 1.08 bits per heavy atom. The summed E-state index contributed by atoms with van der Waals surface area (Å²) in [4.78, 5) is 20.0. The molecular formula is C20H26N2O4. The fourth-order valence-corrected chi connectivity index (χ4v) is 2.28. The molecule has 6 heteroatoms. The molecule has 0 aliphatic heterocycles. The zero-order chi connectivity index (χ0) is 19.0. The molecule has 140 valence electrons. The van der Waals surface area contributed by atoms with Crippen molar-refractivity contribution in [3.8, 4) is 22.9 Å². The highest BCUT2D eigenvalue weighted by atomic mass is 16.5. The molecule has 1 aromatic heterocycles. The van der Waals surface area contributed by atoms with Crippen molar-refractivity contribution in [3.05, 3.63) is 36.7 Å². The Morgan fingerprint density at radius 3 is 2.27 bits per heavy atom. The lowest BCUT2D eigenvalue weighted by atomic mass is 10.0. The van der Waals surface area contributed by atoms with Gasteiger partial charge in [0.05, 0.1) is 19.0 Å². The van der Waals surface area contributed by atoms with E-state index in [0.717, 1.165) is 24.8 Å². The van der Waals surface area contributed by atoms with Crippen molar-refractivity contribution in [1.29, 1.82) is 0 Å². The molecule has 1 atom stereocenters. The van der Waals surface area contributed by atoms with Crippen LogP contribution in [0.1, 0.15) is 46.5 Å². The molecule has 0 radical (unpaired) electrons. The molecule has 6 nitrogen and oxygen atoms in total. The average molecular weight is 358 g/mol. The molecule has 0 fully saturated rings. The fourth-order valence-electron chi connectivity index (χ4n) is 2.28. The first kappa shape index (κ1) is 19.7. The summed E-state index contributed by atoms with van der Waals surface area (Å²) in [6.07, 6.45) is 7.02. The molecule has 2 aromatic rings. The second kappa shape index (κ2) is 9.17. The van der Waals surface area contributed by atoms with Crippen LogP contribution in [0.15, 0.2) is 36.7 Å². The molecule has 0 amide bonds. The molecule has 0 bridgehead atoms. The van der Waals surface area contributed by atoms with Crippen LogP contribution in [-0.2, 0) is 4.79 Å². The molecule has 0 saturated carbocycles. The SMILES string of the molecule is CCCCCOc1cnc(-c2ccc(OC(C)(CC)C(=O)O)cc2)nc1. The first-order valence-electron chi connectivity index (χ1n) is 8.96. The van der Waals surface area contributed by atoms with Gasteiger partial charge in [-0.05, 0) is 44.0 Å². The van der Waals surface area contributed by atoms with Gasteiger partial charge in [-0.2, -0.15) is 0 Å². The number of ether oxygens (including phenoxy) is 2. The number of rotatable bonds is 10. The number of aliphatic carboxylic acids is 1. The number of carboxylic acid groups (broad SMARTS) is 1. The maximum Gasteiger partial charge on any atom is 0.347 e. The van der Waals surface area contributed by atoms with Crippen molar-refractivity contribution in [2.45, 2.75) is 52.1 Å². The summed E-state index contributed by atoms with van der Waals surface area (Å²) < 4.78 is 11.2. The molecule has 0 spiro atoms. The number of carboxylic acids is 1. The van der Waals surface area contributed by atoms with Crippen LogP contribution in [0.5, 0.6) is 11.5 Å². The second-order valence-corrected chi connectivity index (χ2v) is 6.31. The van der Waals surface area contributed by atoms with Gasteiger partial charge in [-0.15, -0.1) is 0 Å². The van der Waals surface area contributed by atoms with Crippen LogP contribution >= 0.6 is 0 Å². The third-order valence-electron chi connectivity index (χ3n) is 4.23. The maximum absolute atomic E-state index is 11.3. The number of carbonyl (C=O) groups is 1. The third kappa shape index (κ3) is 5.18. The lowest BCUT2D eigenvalue weighted by molar-refractivity contribution is -0.154. The van der Waals surface area contributed by atoms with Crippen LogP contribution < -0.4 is 9.47 Å². The summed E-state index contributed by atoms with van der Waals surface area (Å²) in [6, 6.07) is 7.07. The predicted molar refractivity (Wildman–Crippen MR) is 99.4 cm³/mol. The van der Waals surface area contributed by atoms with E-state index in [1.807, 2.05) is 12.1 Å². The van der Waals surface area contributed by atoms with E-state index in [4.69, 9.17) is 9.47 Å². The topological polar surface area (TPSA) is 81.5 Å². The van der Waals surface area contributed by atoms with Crippen molar-refractivity contribution in [3.63, 3.8) is 0 Å². The lowest BCUT2D eigenvalue weighted by Crippen LogP contribution is -2.40. The monoisotopic (exact) mass is 358 g/mol. The zero-order valence-corrected chi connectivity index (χ0v) is 15.6. The molecule has 1 unspecified atom stereocenters. The van der Waals surface area contributed by atoms with Crippen LogP contribution in [0.3, 0.4) is 0 Å². The van der Waals surface area contributed by atoms with E-state index in [1.54, 1.807) is 38.4 Å². The summed E-state index contributed by atoms with van der Waals surface area (Å²) in [7, 11) is 0. The van der Waals surface area contributed by atoms with Gasteiger partial charge in [-0.25, -0.2) is 14.8 Å². The molecule has 0 aliphatic carbocycles. The molecule has 0 saturated heterocycles.